The summed E-state index contributed by atoms with van der Waals surface area (Å²) < 4.78 is 23.5. The third-order valence-electron chi connectivity index (χ3n) is 4.10. The molecule has 0 radical (unpaired) electrons. The van der Waals surface area contributed by atoms with Gasteiger partial charge in [-0.25, -0.2) is 4.39 Å². The molecule has 7 heteroatoms. The van der Waals surface area contributed by atoms with E-state index in [1.165, 1.54) is 25.0 Å². The summed E-state index contributed by atoms with van der Waals surface area (Å²) in [6.07, 6.45) is 3.30. The van der Waals surface area contributed by atoms with Gasteiger partial charge in [0.2, 0.25) is 5.91 Å². The number of amides is 1. The van der Waals surface area contributed by atoms with E-state index in [0.717, 1.165) is 25.1 Å². The second kappa shape index (κ2) is 11.5. The standard InChI is InChI=1S/C20H28FN3O3/c1-3-4-11-24(2)12-5-10-22-20(25)15-26-14-18-13-19(27-23-18)16-6-8-17(21)9-7-16/h6-9,13H,3-5,10-12,14-15H2,1-2H3,(H,22,25). The summed E-state index contributed by atoms with van der Waals surface area (Å²) in [5.41, 5.74) is 1.32. The van der Waals surface area contributed by atoms with Crippen molar-refractivity contribution in [2.75, 3.05) is 33.3 Å². The van der Waals surface area contributed by atoms with Gasteiger partial charge in [-0.2, -0.15) is 0 Å². The molecule has 0 bridgehead atoms. The van der Waals surface area contributed by atoms with E-state index in [-0.39, 0.29) is 24.9 Å². The van der Waals surface area contributed by atoms with E-state index < -0.39 is 0 Å². The number of carbonyl (C=O) groups is 1. The lowest BCUT2D eigenvalue weighted by molar-refractivity contribution is -0.126. The molecule has 0 atom stereocenters. The lowest BCUT2D eigenvalue weighted by Crippen LogP contribution is -2.31. The highest BCUT2D eigenvalue weighted by molar-refractivity contribution is 5.77. The molecule has 0 fully saturated rings. The molecule has 27 heavy (non-hydrogen) atoms. The molecule has 0 saturated heterocycles. The number of nitrogens with zero attached hydrogens (tertiary/aromatic N) is 2. The number of hydrogen-bond donors (Lipinski definition) is 1. The van der Waals surface area contributed by atoms with Crippen LogP contribution < -0.4 is 5.32 Å². The SMILES string of the molecule is CCCCN(C)CCCNC(=O)COCc1cc(-c2ccc(F)cc2)on1. The molecule has 0 spiro atoms. The minimum absolute atomic E-state index is 0.0234. The number of rotatable bonds is 12. The van der Waals surface area contributed by atoms with Crippen molar-refractivity contribution in [3.63, 3.8) is 0 Å². The van der Waals surface area contributed by atoms with Crippen molar-refractivity contribution < 1.29 is 18.4 Å². The average Bonchev–Trinajstić information content (AvgIpc) is 3.13. The van der Waals surface area contributed by atoms with Crippen molar-refractivity contribution in [1.29, 1.82) is 0 Å². The molecule has 1 N–H and O–H groups in total. The number of ether oxygens (including phenoxy) is 1. The number of aromatic nitrogens is 1. The summed E-state index contributed by atoms with van der Waals surface area (Å²) >= 11 is 0. The Labute approximate surface area is 159 Å². The van der Waals surface area contributed by atoms with E-state index in [1.807, 2.05) is 0 Å². The average molecular weight is 377 g/mol. The van der Waals surface area contributed by atoms with Crippen LogP contribution in [0.25, 0.3) is 11.3 Å². The normalized spacial score (nSPS) is 11.1. The first-order valence-corrected chi connectivity index (χ1v) is 9.33. The van der Waals surface area contributed by atoms with E-state index in [1.54, 1.807) is 18.2 Å². The van der Waals surface area contributed by atoms with Crippen LogP contribution in [-0.2, 0) is 16.1 Å². The van der Waals surface area contributed by atoms with Crippen LogP contribution >= 0.6 is 0 Å². The van der Waals surface area contributed by atoms with Crippen LogP contribution in [0, 0.1) is 5.82 Å². The summed E-state index contributed by atoms with van der Waals surface area (Å²) in [6, 6.07) is 7.68. The monoisotopic (exact) mass is 377 g/mol. The Bertz CT molecular complexity index is 688. The molecule has 1 amide bonds. The Morgan fingerprint density at radius 1 is 1.26 bits per heavy atom. The zero-order valence-electron chi connectivity index (χ0n) is 16.0. The number of hydrogen-bond acceptors (Lipinski definition) is 5. The molecule has 0 aliphatic rings. The van der Waals surface area contributed by atoms with Gasteiger partial charge < -0.3 is 19.5 Å². The fourth-order valence-electron chi connectivity index (χ4n) is 2.55. The summed E-state index contributed by atoms with van der Waals surface area (Å²) in [4.78, 5) is 14.1. The first-order chi connectivity index (χ1) is 13.1. The van der Waals surface area contributed by atoms with Crippen LogP contribution in [0.2, 0.25) is 0 Å². The van der Waals surface area contributed by atoms with Crippen LogP contribution in [0.1, 0.15) is 31.9 Å². The van der Waals surface area contributed by atoms with Crippen LogP contribution in [0.3, 0.4) is 0 Å². The van der Waals surface area contributed by atoms with Gasteiger partial charge in [0.25, 0.3) is 0 Å². The smallest absolute Gasteiger partial charge is 0.246 e. The van der Waals surface area contributed by atoms with Crippen molar-refractivity contribution in [1.82, 2.24) is 15.4 Å². The fourth-order valence-corrected chi connectivity index (χ4v) is 2.55. The van der Waals surface area contributed by atoms with Gasteiger partial charge in [0.15, 0.2) is 5.76 Å². The molecule has 2 rings (SSSR count). The number of carbonyl (C=O) groups excluding carboxylic acids is 1. The van der Waals surface area contributed by atoms with Gasteiger partial charge in [0.1, 0.15) is 18.1 Å². The van der Waals surface area contributed by atoms with Crippen LogP contribution in [-0.4, -0.2) is 49.3 Å². The summed E-state index contributed by atoms with van der Waals surface area (Å²) in [5, 5.41) is 6.75. The van der Waals surface area contributed by atoms with Gasteiger partial charge in [0.05, 0.1) is 6.61 Å². The molecule has 0 aliphatic heterocycles. The molecule has 2 aromatic rings. The van der Waals surface area contributed by atoms with Crippen LogP contribution in [0.5, 0.6) is 0 Å². The van der Waals surface area contributed by atoms with Gasteiger partial charge in [0, 0.05) is 18.2 Å². The van der Waals surface area contributed by atoms with Crippen molar-refractivity contribution >= 4 is 5.91 Å². The Kier molecular flexibility index (Phi) is 8.94. The van der Waals surface area contributed by atoms with Gasteiger partial charge >= 0.3 is 0 Å². The van der Waals surface area contributed by atoms with Gasteiger partial charge in [-0.1, -0.05) is 18.5 Å². The molecular weight excluding hydrogens is 349 g/mol. The van der Waals surface area contributed by atoms with Crippen LogP contribution in [0.4, 0.5) is 4.39 Å². The Morgan fingerprint density at radius 2 is 2.00 bits per heavy atom. The Hall–Kier alpha value is -2.25. The molecule has 1 aromatic carbocycles. The van der Waals surface area contributed by atoms with Gasteiger partial charge in [-0.05, 0) is 57.2 Å². The maximum Gasteiger partial charge on any atom is 0.246 e. The zero-order chi connectivity index (χ0) is 19.5. The maximum absolute atomic E-state index is 12.9. The second-order valence-electron chi connectivity index (χ2n) is 6.54. The molecule has 1 heterocycles. The lowest BCUT2D eigenvalue weighted by Gasteiger charge is -2.15. The summed E-state index contributed by atoms with van der Waals surface area (Å²) in [5.74, 6) is 0.0825. The largest absolute Gasteiger partial charge is 0.365 e. The number of unbranched alkanes of at least 4 members (excludes halogenated alkanes) is 1. The molecular formula is C20H28FN3O3. The highest BCUT2D eigenvalue weighted by atomic mass is 19.1. The molecule has 148 valence electrons. The molecule has 0 aliphatic carbocycles. The van der Waals surface area contributed by atoms with Crippen molar-refractivity contribution in [3.8, 4) is 11.3 Å². The fraction of sp³-hybridized carbons (Fsp3) is 0.500. The summed E-state index contributed by atoms with van der Waals surface area (Å²) in [7, 11) is 2.10. The van der Waals surface area contributed by atoms with Gasteiger partial charge in [-0.3, -0.25) is 4.79 Å². The third-order valence-corrected chi connectivity index (χ3v) is 4.10. The number of nitrogens with one attached hydrogen (secondary N) is 1. The predicted octanol–water partition coefficient (Wildman–Crippen LogP) is 3.24. The first-order valence-electron chi connectivity index (χ1n) is 9.33. The topological polar surface area (TPSA) is 67.6 Å². The maximum atomic E-state index is 12.9. The quantitative estimate of drug-likeness (QED) is 0.575. The van der Waals surface area contributed by atoms with Crippen molar-refractivity contribution in [2.24, 2.45) is 0 Å². The van der Waals surface area contributed by atoms with E-state index >= 15 is 0 Å². The highest BCUT2D eigenvalue weighted by Crippen LogP contribution is 2.20. The van der Waals surface area contributed by atoms with E-state index in [0.29, 0.717) is 18.0 Å². The molecule has 0 unspecified atom stereocenters. The zero-order valence-corrected chi connectivity index (χ0v) is 16.0. The molecule has 1 aromatic heterocycles. The minimum Gasteiger partial charge on any atom is -0.365 e. The van der Waals surface area contributed by atoms with E-state index in [2.05, 4.69) is 29.3 Å². The number of benzene rings is 1. The molecule has 6 nitrogen and oxygen atoms in total. The minimum atomic E-state index is -0.305. The van der Waals surface area contributed by atoms with Crippen molar-refractivity contribution in [2.45, 2.75) is 32.8 Å². The van der Waals surface area contributed by atoms with Gasteiger partial charge in [-0.15, -0.1) is 0 Å². The van der Waals surface area contributed by atoms with Crippen LogP contribution in [0.15, 0.2) is 34.9 Å². The lowest BCUT2D eigenvalue weighted by atomic mass is 10.1. The Balaban J connectivity index is 1.61. The first kappa shape index (κ1) is 21.1. The van der Waals surface area contributed by atoms with E-state index in [4.69, 9.17) is 9.26 Å². The number of halogens is 1. The highest BCUT2D eigenvalue weighted by Gasteiger charge is 2.08. The summed E-state index contributed by atoms with van der Waals surface area (Å²) in [6.45, 7) is 5.02. The van der Waals surface area contributed by atoms with E-state index in [9.17, 15) is 9.18 Å². The third kappa shape index (κ3) is 7.88. The second-order valence-corrected chi connectivity index (χ2v) is 6.54. The van der Waals surface area contributed by atoms with Crippen molar-refractivity contribution in [3.05, 3.63) is 41.8 Å². The predicted molar refractivity (Wildman–Crippen MR) is 102 cm³/mol. The Morgan fingerprint density at radius 3 is 2.74 bits per heavy atom. The molecule has 0 saturated carbocycles.